The first-order chi connectivity index (χ1) is 11.3. The van der Waals surface area contributed by atoms with Crippen LogP contribution in [0.4, 0.5) is 0 Å². The highest BCUT2D eigenvalue weighted by molar-refractivity contribution is 7.89. The number of sulfonamides is 1. The molecule has 130 valence electrons. The molecular formula is C15H19N3O4S2. The van der Waals surface area contributed by atoms with Gasteiger partial charge in [-0.3, -0.25) is 4.79 Å². The average molecular weight is 369 g/mol. The molecule has 0 fully saturated rings. The lowest BCUT2D eigenvalue weighted by atomic mass is 10.1. The van der Waals surface area contributed by atoms with Crippen LogP contribution in [0.3, 0.4) is 0 Å². The molecule has 0 aromatic carbocycles. The van der Waals surface area contributed by atoms with E-state index in [2.05, 4.69) is 10.5 Å². The zero-order valence-corrected chi connectivity index (χ0v) is 15.3. The number of nitrogens with zero attached hydrogens (tertiary/aromatic N) is 2. The fourth-order valence-electron chi connectivity index (χ4n) is 2.86. The minimum Gasteiger partial charge on any atom is -0.361 e. The Morgan fingerprint density at radius 1 is 1.50 bits per heavy atom. The normalized spacial score (nSPS) is 19.9. The molecule has 0 saturated heterocycles. The first kappa shape index (κ1) is 17.1. The van der Waals surface area contributed by atoms with Crippen molar-refractivity contribution in [3.05, 3.63) is 33.3 Å². The van der Waals surface area contributed by atoms with Crippen molar-refractivity contribution >= 4 is 27.3 Å². The van der Waals surface area contributed by atoms with Crippen molar-refractivity contribution in [1.29, 1.82) is 0 Å². The molecule has 1 atom stereocenters. The Bertz CT molecular complexity index is 850. The summed E-state index contributed by atoms with van der Waals surface area (Å²) in [5.41, 5.74) is 1.75. The van der Waals surface area contributed by atoms with E-state index >= 15 is 0 Å². The highest BCUT2D eigenvalue weighted by Crippen LogP contribution is 2.35. The van der Waals surface area contributed by atoms with Crippen LogP contribution in [0.5, 0.6) is 0 Å². The van der Waals surface area contributed by atoms with Crippen LogP contribution in [0.2, 0.25) is 0 Å². The molecule has 0 spiro atoms. The molecule has 3 rings (SSSR count). The van der Waals surface area contributed by atoms with Gasteiger partial charge in [-0.2, -0.15) is 4.31 Å². The van der Waals surface area contributed by atoms with E-state index in [1.807, 2.05) is 13.8 Å². The minimum absolute atomic E-state index is 0.118. The molecule has 1 aliphatic rings. The second kappa shape index (κ2) is 6.30. The molecule has 7 nitrogen and oxygen atoms in total. The van der Waals surface area contributed by atoms with Crippen LogP contribution in [0.1, 0.15) is 34.4 Å². The highest BCUT2D eigenvalue weighted by Gasteiger charge is 2.36. The van der Waals surface area contributed by atoms with E-state index in [0.29, 0.717) is 17.7 Å². The van der Waals surface area contributed by atoms with Crippen LogP contribution >= 0.6 is 11.3 Å². The molecule has 3 heterocycles. The number of aryl methyl sites for hydroxylation is 2. The Balaban J connectivity index is 1.69. The molecule has 1 N–H and O–H groups in total. The lowest BCUT2D eigenvalue weighted by molar-refractivity contribution is -0.121. The predicted molar refractivity (Wildman–Crippen MR) is 89.3 cm³/mol. The smallest absolute Gasteiger partial charge is 0.244 e. The predicted octanol–water partition coefficient (Wildman–Crippen LogP) is 1.78. The number of likely N-dealkylation sites (N-methyl/N-ethyl adjacent to an activating group) is 1. The Hall–Kier alpha value is -1.71. The van der Waals surface area contributed by atoms with Gasteiger partial charge in [-0.05, 0) is 31.7 Å². The number of rotatable bonds is 4. The Morgan fingerprint density at radius 3 is 2.92 bits per heavy atom. The summed E-state index contributed by atoms with van der Waals surface area (Å²) in [4.78, 5) is 13.3. The van der Waals surface area contributed by atoms with Gasteiger partial charge in [0.05, 0.1) is 16.6 Å². The van der Waals surface area contributed by atoms with Crippen molar-refractivity contribution in [2.75, 3.05) is 13.6 Å². The van der Waals surface area contributed by atoms with Crippen LogP contribution in [0, 0.1) is 13.8 Å². The molecule has 1 unspecified atom stereocenters. The van der Waals surface area contributed by atoms with Gasteiger partial charge < -0.3 is 9.84 Å². The molecule has 0 radical (unpaired) electrons. The molecule has 9 heteroatoms. The summed E-state index contributed by atoms with van der Waals surface area (Å²) in [5.74, 6) is 0.608. The number of hydrogen-bond acceptors (Lipinski definition) is 6. The first-order valence-corrected chi connectivity index (χ1v) is 9.87. The van der Waals surface area contributed by atoms with Crippen molar-refractivity contribution < 1.29 is 17.7 Å². The van der Waals surface area contributed by atoms with Crippen molar-refractivity contribution in [3.63, 3.8) is 0 Å². The van der Waals surface area contributed by atoms with Crippen LogP contribution in [0.25, 0.3) is 0 Å². The van der Waals surface area contributed by atoms with Crippen LogP contribution in [0.15, 0.2) is 20.9 Å². The van der Waals surface area contributed by atoms with Crippen LogP contribution < -0.4 is 5.32 Å². The van der Waals surface area contributed by atoms with Gasteiger partial charge in [-0.15, -0.1) is 11.3 Å². The van der Waals surface area contributed by atoms with Crippen molar-refractivity contribution in [1.82, 2.24) is 14.8 Å². The summed E-state index contributed by atoms with van der Waals surface area (Å²) in [6, 6.07) is 1.28. The molecule has 0 aliphatic carbocycles. The van der Waals surface area contributed by atoms with Crippen molar-refractivity contribution in [3.8, 4) is 0 Å². The number of carbonyl (C=O) groups excluding carboxylic acids is 1. The molecule has 1 amide bonds. The lowest BCUT2D eigenvalue weighted by Gasteiger charge is -2.29. The summed E-state index contributed by atoms with van der Waals surface area (Å²) < 4.78 is 30.9. The number of fused-ring (bicyclic) bond motifs is 1. The summed E-state index contributed by atoms with van der Waals surface area (Å²) in [6.45, 7) is 3.92. The van der Waals surface area contributed by atoms with E-state index in [1.165, 1.54) is 22.7 Å². The van der Waals surface area contributed by atoms with Gasteiger partial charge in [0.1, 0.15) is 5.76 Å². The summed E-state index contributed by atoms with van der Waals surface area (Å²) in [6.07, 6.45) is 0.849. The third kappa shape index (κ3) is 2.99. The summed E-state index contributed by atoms with van der Waals surface area (Å²) in [7, 11) is -1.91. The van der Waals surface area contributed by atoms with Crippen molar-refractivity contribution in [2.45, 2.75) is 37.6 Å². The monoisotopic (exact) mass is 369 g/mol. The van der Waals surface area contributed by atoms with Crippen molar-refractivity contribution in [2.24, 2.45) is 0 Å². The fraction of sp³-hybridized carbons (Fsp3) is 0.467. The van der Waals surface area contributed by atoms with E-state index < -0.39 is 10.0 Å². The van der Waals surface area contributed by atoms with Crippen LogP contribution in [-0.2, 0) is 21.2 Å². The molecule has 2 aromatic rings. The highest BCUT2D eigenvalue weighted by atomic mass is 32.2. The minimum atomic E-state index is -3.43. The molecule has 1 aliphatic heterocycles. The van der Waals surface area contributed by atoms with E-state index in [0.717, 1.165) is 17.0 Å². The first-order valence-electron chi connectivity index (χ1n) is 7.55. The number of amides is 1. The van der Waals surface area contributed by atoms with Crippen LogP contribution in [-0.4, -0.2) is 37.4 Å². The van der Waals surface area contributed by atoms with Gasteiger partial charge in [0.15, 0.2) is 0 Å². The fourth-order valence-corrected chi connectivity index (χ4v) is 5.55. The van der Waals surface area contributed by atoms with Gasteiger partial charge in [0, 0.05) is 30.5 Å². The molecule has 0 bridgehead atoms. The second-order valence-corrected chi connectivity index (χ2v) is 8.82. The van der Waals surface area contributed by atoms with E-state index in [-0.39, 0.29) is 23.4 Å². The number of hydrogen-bond donors (Lipinski definition) is 1. The maximum Gasteiger partial charge on any atom is 0.244 e. The number of aromatic nitrogens is 1. The SMILES string of the molecule is Cc1noc(C)c1CCC(=O)NC1CN(C)S(=O)(=O)c2ccsc21. The Kier molecular flexibility index (Phi) is 4.50. The quantitative estimate of drug-likeness (QED) is 0.887. The van der Waals surface area contributed by atoms with E-state index in [4.69, 9.17) is 4.52 Å². The van der Waals surface area contributed by atoms with Gasteiger partial charge in [-0.25, -0.2) is 8.42 Å². The summed E-state index contributed by atoms with van der Waals surface area (Å²) >= 11 is 1.35. The maximum absolute atomic E-state index is 12.3. The summed E-state index contributed by atoms with van der Waals surface area (Å²) in [5, 5.41) is 8.57. The van der Waals surface area contributed by atoms with E-state index in [9.17, 15) is 13.2 Å². The van der Waals surface area contributed by atoms with Gasteiger partial charge in [-0.1, -0.05) is 5.16 Å². The Morgan fingerprint density at radius 2 is 2.25 bits per heavy atom. The maximum atomic E-state index is 12.3. The van der Waals surface area contributed by atoms with Gasteiger partial charge in [0.25, 0.3) is 0 Å². The number of thiophene rings is 1. The zero-order valence-electron chi connectivity index (χ0n) is 13.7. The molecule has 2 aromatic heterocycles. The third-order valence-corrected chi connectivity index (χ3v) is 7.26. The molecule has 24 heavy (non-hydrogen) atoms. The number of nitrogens with one attached hydrogen (secondary N) is 1. The third-order valence-electron chi connectivity index (χ3n) is 4.22. The molecular weight excluding hydrogens is 350 g/mol. The topological polar surface area (TPSA) is 92.5 Å². The molecule has 0 saturated carbocycles. The largest absolute Gasteiger partial charge is 0.361 e. The standard InChI is InChI=1S/C15H19N3O4S2/c1-9-11(10(2)22-17-9)4-5-14(19)16-12-8-18(3)24(20,21)13-6-7-23-15(12)13/h6-7,12H,4-5,8H2,1-3H3,(H,16,19). The van der Waals surface area contributed by atoms with Gasteiger partial charge >= 0.3 is 0 Å². The second-order valence-electron chi connectivity index (χ2n) is 5.86. The Labute approximate surface area is 144 Å². The van der Waals surface area contributed by atoms with Gasteiger partial charge in [0.2, 0.25) is 15.9 Å². The lowest BCUT2D eigenvalue weighted by Crippen LogP contribution is -2.42. The zero-order chi connectivity index (χ0) is 17.5. The van der Waals surface area contributed by atoms with E-state index in [1.54, 1.807) is 11.4 Å². The average Bonchev–Trinajstić information content (AvgIpc) is 3.12. The number of carbonyl (C=O) groups is 1.